The first-order valence-corrected chi connectivity index (χ1v) is 6.78. The second kappa shape index (κ2) is 6.91. The highest BCUT2D eigenvalue weighted by atomic mass is 35.5. The molecule has 0 saturated carbocycles. The van der Waals surface area contributed by atoms with E-state index in [2.05, 4.69) is 0 Å². The molecular weight excluding hydrogens is 310 g/mol. The summed E-state index contributed by atoms with van der Waals surface area (Å²) >= 11 is 5.90. The maximum absolute atomic E-state index is 12.1. The fraction of sp³-hybridized carbons (Fsp3) is 0.133. The van der Waals surface area contributed by atoms with Gasteiger partial charge in [0.1, 0.15) is 0 Å². The van der Waals surface area contributed by atoms with Crippen LogP contribution in [0.5, 0.6) is 11.5 Å². The molecule has 2 rings (SSSR count). The molecule has 0 aromatic heterocycles. The summed E-state index contributed by atoms with van der Waals surface area (Å²) in [7, 11) is 0. The van der Waals surface area contributed by atoms with Crippen molar-refractivity contribution in [3.05, 3.63) is 63.2 Å². The number of nitrogens with zero attached hydrogens (tertiary/aromatic N) is 1. The average molecular weight is 322 g/mol. The Hall–Kier alpha value is -2.60. The zero-order valence-electron chi connectivity index (χ0n) is 11.6. The van der Waals surface area contributed by atoms with Crippen molar-refractivity contribution >= 4 is 23.3 Å². The zero-order chi connectivity index (χ0) is 16.1. The number of nitro benzene ring substituents is 1. The van der Waals surface area contributed by atoms with Gasteiger partial charge < -0.3 is 9.47 Å². The van der Waals surface area contributed by atoms with Gasteiger partial charge in [-0.25, -0.2) is 4.79 Å². The second-order valence-electron chi connectivity index (χ2n) is 4.19. The van der Waals surface area contributed by atoms with E-state index in [1.165, 1.54) is 12.1 Å². The Bertz CT molecular complexity index is 717. The predicted octanol–water partition coefficient (Wildman–Crippen LogP) is 3.87. The van der Waals surface area contributed by atoms with Gasteiger partial charge in [0.2, 0.25) is 0 Å². The predicted molar refractivity (Wildman–Crippen MR) is 80.7 cm³/mol. The molecule has 6 nitrogen and oxygen atoms in total. The van der Waals surface area contributed by atoms with Gasteiger partial charge in [0.15, 0.2) is 11.5 Å². The fourth-order valence-electron chi connectivity index (χ4n) is 1.75. The van der Waals surface area contributed by atoms with Crippen LogP contribution >= 0.6 is 11.6 Å². The highest BCUT2D eigenvalue weighted by molar-refractivity contribution is 6.33. The van der Waals surface area contributed by atoms with Crippen molar-refractivity contribution in [3.8, 4) is 11.5 Å². The Morgan fingerprint density at radius 3 is 2.50 bits per heavy atom. The molecule has 22 heavy (non-hydrogen) atoms. The van der Waals surface area contributed by atoms with E-state index in [0.29, 0.717) is 12.4 Å². The Morgan fingerprint density at radius 2 is 1.91 bits per heavy atom. The molecule has 0 aliphatic rings. The van der Waals surface area contributed by atoms with E-state index in [9.17, 15) is 14.9 Å². The van der Waals surface area contributed by atoms with Crippen LogP contribution in [-0.4, -0.2) is 17.5 Å². The van der Waals surface area contributed by atoms with Crippen LogP contribution in [0, 0.1) is 10.1 Å². The molecule has 0 spiro atoms. The molecule has 7 heteroatoms. The van der Waals surface area contributed by atoms with Crippen molar-refractivity contribution in [2.24, 2.45) is 0 Å². The SMILES string of the molecule is CCOc1ccccc1OC(=O)c1ccc([N+](=O)[O-])cc1Cl. The number of esters is 1. The summed E-state index contributed by atoms with van der Waals surface area (Å²) in [6.45, 7) is 2.23. The molecule has 114 valence electrons. The van der Waals surface area contributed by atoms with Crippen LogP contribution in [0.15, 0.2) is 42.5 Å². The Morgan fingerprint density at radius 1 is 1.23 bits per heavy atom. The fourth-order valence-corrected chi connectivity index (χ4v) is 2.00. The number of non-ortho nitro benzene ring substituents is 1. The standard InChI is InChI=1S/C15H12ClNO5/c1-2-21-13-5-3-4-6-14(13)22-15(18)11-8-7-10(17(19)20)9-12(11)16/h3-9H,2H2,1H3. The van der Waals surface area contributed by atoms with Crippen LogP contribution < -0.4 is 9.47 Å². The van der Waals surface area contributed by atoms with Gasteiger partial charge in [-0.15, -0.1) is 0 Å². The van der Waals surface area contributed by atoms with Gasteiger partial charge in [0, 0.05) is 12.1 Å². The van der Waals surface area contributed by atoms with Crippen molar-refractivity contribution in [1.29, 1.82) is 0 Å². The van der Waals surface area contributed by atoms with Crippen molar-refractivity contribution < 1.29 is 19.2 Å². The van der Waals surface area contributed by atoms with Crippen LogP contribution in [0.2, 0.25) is 5.02 Å². The number of ether oxygens (including phenoxy) is 2. The molecule has 0 unspecified atom stereocenters. The summed E-state index contributed by atoms with van der Waals surface area (Å²) < 4.78 is 10.6. The van der Waals surface area contributed by atoms with E-state index >= 15 is 0 Å². The number of hydrogen-bond donors (Lipinski definition) is 0. The number of hydrogen-bond acceptors (Lipinski definition) is 5. The van der Waals surface area contributed by atoms with Crippen molar-refractivity contribution in [3.63, 3.8) is 0 Å². The number of para-hydroxylation sites is 2. The number of rotatable bonds is 5. The minimum atomic E-state index is -0.716. The lowest BCUT2D eigenvalue weighted by Gasteiger charge is -2.10. The molecule has 0 atom stereocenters. The van der Waals surface area contributed by atoms with Crippen LogP contribution in [0.1, 0.15) is 17.3 Å². The molecule has 0 saturated heterocycles. The minimum absolute atomic E-state index is 0.0403. The smallest absolute Gasteiger partial charge is 0.345 e. The molecule has 0 fully saturated rings. The maximum atomic E-state index is 12.1. The van der Waals surface area contributed by atoms with Crippen LogP contribution in [-0.2, 0) is 0 Å². The number of halogens is 1. The molecule has 0 radical (unpaired) electrons. The van der Waals surface area contributed by atoms with E-state index < -0.39 is 10.9 Å². The first kappa shape index (κ1) is 15.8. The molecule has 0 heterocycles. The summed E-state index contributed by atoms with van der Waals surface area (Å²) in [6, 6.07) is 10.3. The third kappa shape index (κ3) is 3.53. The number of benzene rings is 2. The molecular formula is C15H12ClNO5. The monoisotopic (exact) mass is 321 g/mol. The van der Waals surface area contributed by atoms with Gasteiger partial charge >= 0.3 is 5.97 Å². The van der Waals surface area contributed by atoms with E-state index in [4.69, 9.17) is 21.1 Å². The highest BCUT2D eigenvalue weighted by Gasteiger charge is 2.18. The molecule has 0 bridgehead atoms. The summed E-state index contributed by atoms with van der Waals surface area (Å²) in [6.07, 6.45) is 0. The number of carbonyl (C=O) groups excluding carboxylic acids is 1. The quantitative estimate of drug-likeness (QED) is 0.361. The van der Waals surface area contributed by atoms with E-state index in [-0.39, 0.29) is 22.0 Å². The van der Waals surface area contributed by atoms with E-state index in [0.717, 1.165) is 6.07 Å². The lowest BCUT2D eigenvalue weighted by Crippen LogP contribution is -2.10. The van der Waals surface area contributed by atoms with Crippen LogP contribution in [0.25, 0.3) is 0 Å². The Kier molecular flexibility index (Phi) is 4.95. The average Bonchev–Trinajstić information content (AvgIpc) is 2.49. The normalized spacial score (nSPS) is 10.1. The van der Waals surface area contributed by atoms with Crippen LogP contribution in [0.4, 0.5) is 5.69 Å². The minimum Gasteiger partial charge on any atom is -0.490 e. The molecule has 0 N–H and O–H groups in total. The maximum Gasteiger partial charge on any atom is 0.345 e. The van der Waals surface area contributed by atoms with Crippen molar-refractivity contribution in [2.45, 2.75) is 6.92 Å². The Labute approximate surface area is 131 Å². The summed E-state index contributed by atoms with van der Waals surface area (Å²) in [5, 5.41) is 10.6. The van der Waals surface area contributed by atoms with Gasteiger partial charge in [-0.2, -0.15) is 0 Å². The number of carbonyl (C=O) groups is 1. The molecule has 0 amide bonds. The molecule has 2 aromatic carbocycles. The summed E-state index contributed by atoms with van der Waals surface area (Å²) in [5.41, 5.74) is -0.158. The van der Waals surface area contributed by atoms with Crippen LogP contribution in [0.3, 0.4) is 0 Å². The van der Waals surface area contributed by atoms with E-state index in [1.54, 1.807) is 24.3 Å². The second-order valence-corrected chi connectivity index (χ2v) is 4.60. The molecule has 2 aromatic rings. The highest BCUT2D eigenvalue weighted by Crippen LogP contribution is 2.29. The zero-order valence-corrected chi connectivity index (χ0v) is 12.4. The molecule has 0 aliphatic heterocycles. The van der Waals surface area contributed by atoms with Crippen molar-refractivity contribution in [2.75, 3.05) is 6.61 Å². The van der Waals surface area contributed by atoms with Gasteiger partial charge in [0.05, 0.1) is 22.1 Å². The third-order valence-electron chi connectivity index (χ3n) is 2.74. The van der Waals surface area contributed by atoms with Crippen molar-refractivity contribution in [1.82, 2.24) is 0 Å². The first-order valence-electron chi connectivity index (χ1n) is 6.41. The third-order valence-corrected chi connectivity index (χ3v) is 3.05. The lowest BCUT2D eigenvalue weighted by atomic mass is 10.2. The van der Waals surface area contributed by atoms with Gasteiger partial charge in [-0.1, -0.05) is 23.7 Å². The first-order chi connectivity index (χ1) is 10.5. The Balaban J connectivity index is 2.25. The summed E-state index contributed by atoms with van der Waals surface area (Å²) in [4.78, 5) is 22.2. The lowest BCUT2D eigenvalue weighted by molar-refractivity contribution is -0.384. The topological polar surface area (TPSA) is 78.7 Å². The summed E-state index contributed by atoms with van der Waals surface area (Å²) in [5.74, 6) is -0.0350. The van der Waals surface area contributed by atoms with Gasteiger partial charge in [-0.05, 0) is 25.1 Å². The van der Waals surface area contributed by atoms with E-state index in [1.807, 2.05) is 6.92 Å². The number of nitro groups is 1. The largest absolute Gasteiger partial charge is 0.490 e. The van der Waals surface area contributed by atoms with Gasteiger partial charge in [-0.3, -0.25) is 10.1 Å². The molecule has 0 aliphatic carbocycles. The van der Waals surface area contributed by atoms with Gasteiger partial charge in [0.25, 0.3) is 5.69 Å².